The molecule has 254 valence electrons. The molecule has 3 aliphatic carbocycles. The highest BCUT2D eigenvalue weighted by atomic mass is 15.1. The zero-order valence-electron chi connectivity index (χ0n) is 30.2. The molecule has 0 N–H and O–H groups in total. The molecule has 2 fully saturated rings. The van der Waals surface area contributed by atoms with Gasteiger partial charge in [0.05, 0.1) is 0 Å². The summed E-state index contributed by atoms with van der Waals surface area (Å²) in [6, 6.07) is 61.1. The van der Waals surface area contributed by atoms with Crippen molar-refractivity contribution in [2.45, 2.75) is 44.9 Å². The first-order chi connectivity index (χ1) is 25.6. The largest absolute Gasteiger partial charge is 0.310 e. The zero-order chi connectivity index (χ0) is 34.8. The molecule has 0 heterocycles. The molecule has 5 atom stereocenters. The van der Waals surface area contributed by atoms with E-state index in [-0.39, 0.29) is 5.41 Å². The average molecular weight is 672 g/mol. The molecule has 52 heavy (non-hydrogen) atoms. The van der Waals surface area contributed by atoms with Crippen LogP contribution in [0.15, 0.2) is 164 Å². The van der Waals surface area contributed by atoms with Gasteiger partial charge >= 0.3 is 0 Å². The van der Waals surface area contributed by atoms with Gasteiger partial charge in [-0.15, -0.1) is 0 Å². The highest BCUT2D eigenvalue weighted by Crippen LogP contribution is 2.64. The second-order valence-electron chi connectivity index (χ2n) is 16.0. The first-order valence-electron chi connectivity index (χ1n) is 19.4. The maximum Gasteiger partial charge on any atom is 0.0468 e. The Morgan fingerprint density at radius 3 is 1.81 bits per heavy atom. The van der Waals surface area contributed by atoms with Crippen LogP contribution < -0.4 is 4.90 Å². The van der Waals surface area contributed by atoms with E-state index in [9.17, 15) is 0 Å². The van der Waals surface area contributed by atoms with Crippen LogP contribution in [-0.4, -0.2) is 0 Å². The van der Waals surface area contributed by atoms with Gasteiger partial charge in [-0.3, -0.25) is 0 Å². The molecule has 1 unspecified atom stereocenters. The van der Waals surface area contributed by atoms with Crippen molar-refractivity contribution in [3.63, 3.8) is 0 Å². The molecule has 2 saturated carbocycles. The Morgan fingerprint density at radius 1 is 0.442 bits per heavy atom. The fraction of sp³-hybridized carbons (Fsp3) is 0.216. The lowest BCUT2D eigenvalue weighted by atomic mass is 9.49. The van der Waals surface area contributed by atoms with Gasteiger partial charge < -0.3 is 4.90 Å². The molecule has 2 bridgehead atoms. The minimum atomic E-state index is 0.103. The van der Waals surface area contributed by atoms with Crippen molar-refractivity contribution < 1.29 is 0 Å². The van der Waals surface area contributed by atoms with Crippen molar-refractivity contribution >= 4 is 27.8 Å². The van der Waals surface area contributed by atoms with Crippen molar-refractivity contribution in [2.75, 3.05) is 4.90 Å². The quantitative estimate of drug-likeness (QED) is 0.176. The molecule has 7 aromatic carbocycles. The highest BCUT2D eigenvalue weighted by molar-refractivity contribution is 5.90. The smallest absolute Gasteiger partial charge is 0.0468 e. The summed E-state index contributed by atoms with van der Waals surface area (Å²) in [5.74, 6) is 3.02. The SMILES string of the molecule is C[C@H]1C[C@H]2C[C@H](C1)C1(c3ccccc3-c3ccc(-c4ccc(N(c5ccc(-c6ccccc6)cc5)c5ccc6ccccc6c5)cc4)cc31)[C@H](C)C2. The molecule has 0 radical (unpaired) electrons. The summed E-state index contributed by atoms with van der Waals surface area (Å²) in [5, 5.41) is 2.49. The summed E-state index contributed by atoms with van der Waals surface area (Å²) < 4.78 is 0. The summed E-state index contributed by atoms with van der Waals surface area (Å²) in [4.78, 5) is 2.39. The van der Waals surface area contributed by atoms with Gasteiger partial charge in [-0.25, -0.2) is 0 Å². The molecule has 1 spiro atoms. The summed E-state index contributed by atoms with van der Waals surface area (Å²) >= 11 is 0. The van der Waals surface area contributed by atoms with Crippen LogP contribution in [-0.2, 0) is 5.41 Å². The first-order valence-corrected chi connectivity index (χ1v) is 19.4. The lowest BCUT2D eigenvalue weighted by molar-refractivity contribution is 0.0426. The van der Waals surface area contributed by atoms with Crippen molar-refractivity contribution in [3.8, 4) is 33.4 Å². The lowest BCUT2D eigenvalue weighted by Gasteiger charge is -2.54. The molecular formula is C51H45N. The van der Waals surface area contributed by atoms with E-state index in [2.05, 4.69) is 183 Å². The van der Waals surface area contributed by atoms with Gasteiger partial charge in [-0.05, 0) is 147 Å². The predicted molar refractivity (Wildman–Crippen MR) is 219 cm³/mol. The third-order valence-corrected chi connectivity index (χ3v) is 13.0. The third kappa shape index (κ3) is 4.97. The Labute approximate surface area is 308 Å². The van der Waals surface area contributed by atoms with Crippen molar-refractivity contribution in [1.82, 2.24) is 0 Å². The van der Waals surface area contributed by atoms with Crippen LogP contribution in [0.4, 0.5) is 17.1 Å². The molecule has 3 aliphatic rings. The Morgan fingerprint density at radius 2 is 1.04 bits per heavy atom. The minimum absolute atomic E-state index is 0.103. The van der Waals surface area contributed by atoms with E-state index in [1.807, 2.05) is 0 Å². The molecule has 1 nitrogen and oxygen atoms in total. The number of rotatable bonds is 5. The second kappa shape index (κ2) is 12.4. The lowest BCUT2D eigenvalue weighted by Crippen LogP contribution is -2.49. The van der Waals surface area contributed by atoms with Crippen LogP contribution in [0.1, 0.15) is 50.7 Å². The third-order valence-electron chi connectivity index (χ3n) is 13.0. The number of hydrogen-bond acceptors (Lipinski definition) is 1. The van der Waals surface area contributed by atoms with Crippen molar-refractivity contribution in [3.05, 3.63) is 175 Å². The zero-order valence-corrected chi connectivity index (χ0v) is 30.2. The molecule has 1 heteroatoms. The Kier molecular flexibility index (Phi) is 7.46. The number of hydrogen-bond donors (Lipinski definition) is 0. The molecule has 0 aromatic heterocycles. The Bertz CT molecular complexity index is 2400. The van der Waals surface area contributed by atoms with Crippen LogP contribution in [0.25, 0.3) is 44.2 Å². The molecule has 0 amide bonds. The highest BCUT2D eigenvalue weighted by Gasteiger charge is 2.56. The molecule has 10 rings (SSSR count). The van der Waals surface area contributed by atoms with Crippen molar-refractivity contribution in [2.24, 2.45) is 23.7 Å². The van der Waals surface area contributed by atoms with Gasteiger partial charge in [0.2, 0.25) is 0 Å². The number of nitrogens with zero attached hydrogens (tertiary/aromatic N) is 1. The Balaban J connectivity index is 1.05. The molecule has 0 aliphatic heterocycles. The molecule has 0 saturated heterocycles. The second-order valence-corrected chi connectivity index (χ2v) is 16.0. The molecule has 7 aromatic rings. The Hall–Kier alpha value is -5.40. The van der Waals surface area contributed by atoms with E-state index < -0.39 is 0 Å². The van der Waals surface area contributed by atoms with Crippen LogP contribution in [0.2, 0.25) is 0 Å². The average Bonchev–Trinajstić information content (AvgIpc) is 3.48. The number of fused-ring (bicyclic) bond motifs is 9. The number of anilines is 3. The topological polar surface area (TPSA) is 3.24 Å². The summed E-state index contributed by atoms with van der Waals surface area (Å²) in [6.07, 6.45) is 5.46. The van der Waals surface area contributed by atoms with Gasteiger partial charge in [0.25, 0.3) is 0 Å². The number of benzene rings is 7. The fourth-order valence-corrected chi connectivity index (χ4v) is 10.9. The van der Waals surface area contributed by atoms with E-state index in [1.54, 1.807) is 11.1 Å². The standard InChI is InChI=1S/C51H45N/c1-34-28-36-30-35(2)51(43(29-34)31-36)49-15-9-8-14-47(49)48-27-21-42(33-50(48)51)40-18-24-45(25-19-40)52(46-26-20-38-12-6-7-13-41(38)32-46)44-22-16-39(17-23-44)37-10-4-3-5-11-37/h3-27,32-36,43H,28-31H2,1-2H3/t34-,35+,36+,43-,51?/m0/s1. The predicted octanol–water partition coefficient (Wildman–Crippen LogP) is 14.0. The van der Waals surface area contributed by atoms with E-state index in [4.69, 9.17) is 0 Å². The maximum atomic E-state index is 2.59. The van der Waals surface area contributed by atoms with E-state index in [1.165, 1.54) is 69.8 Å². The summed E-state index contributed by atoms with van der Waals surface area (Å²) in [5.41, 5.74) is 14.7. The van der Waals surface area contributed by atoms with Crippen LogP contribution >= 0.6 is 0 Å². The monoisotopic (exact) mass is 671 g/mol. The summed E-state index contributed by atoms with van der Waals surface area (Å²) in [6.45, 7) is 5.07. The van der Waals surface area contributed by atoms with E-state index in [0.29, 0.717) is 11.8 Å². The van der Waals surface area contributed by atoms with Gasteiger partial charge in [0, 0.05) is 22.5 Å². The van der Waals surface area contributed by atoms with E-state index >= 15 is 0 Å². The minimum Gasteiger partial charge on any atom is -0.310 e. The fourth-order valence-electron chi connectivity index (χ4n) is 10.9. The van der Waals surface area contributed by atoms with E-state index in [0.717, 1.165) is 28.9 Å². The van der Waals surface area contributed by atoms with Gasteiger partial charge in [0.1, 0.15) is 0 Å². The molecular weight excluding hydrogens is 627 g/mol. The van der Waals surface area contributed by atoms with Gasteiger partial charge in [0.15, 0.2) is 0 Å². The van der Waals surface area contributed by atoms with Crippen LogP contribution in [0, 0.1) is 23.7 Å². The van der Waals surface area contributed by atoms with Crippen molar-refractivity contribution in [1.29, 1.82) is 0 Å². The van der Waals surface area contributed by atoms with Gasteiger partial charge in [-0.2, -0.15) is 0 Å². The normalized spacial score (nSPS) is 23.0. The summed E-state index contributed by atoms with van der Waals surface area (Å²) in [7, 11) is 0. The van der Waals surface area contributed by atoms with Crippen LogP contribution in [0.3, 0.4) is 0 Å². The maximum absolute atomic E-state index is 2.59. The van der Waals surface area contributed by atoms with Crippen LogP contribution in [0.5, 0.6) is 0 Å². The first kappa shape index (κ1) is 31.3. The van der Waals surface area contributed by atoms with Gasteiger partial charge in [-0.1, -0.05) is 135 Å².